The predicted octanol–water partition coefficient (Wildman–Crippen LogP) is 2.64. The van der Waals surface area contributed by atoms with E-state index in [-0.39, 0.29) is 24.0 Å². The Kier molecular flexibility index (Phi) is 13.1. The van der Waals surface area contributed by atoms with Crippen molar-refractivity contribution in [2.24, 2.45) is 4.99 Å². The van der Waals surface area contributed by atoms with Crippen LogP contribution in [0.25, 0.3) is 0 Å². The molecule has 0 fully saturated rings. The van der Waals surface area contributed by atoms with Crippen LogP contribution >= 0.6 is 24.0 Å². The summed E-state index contributed by atoms with van der Waals surface area (Å²) in [5.41, 5.74) is 3.81. The second-order valence-electron chi connectivity index (χ2n) is 5.16. The van der Waals surface area contributed by atoms with Crippen LogP contribution in [0.5, 0.6) is 0 Å². The molecular weight excluding hydrogens is 405 g/mol. The van der Waals surface area contributed by atoms with Crippen LogP contribution in [0.15, 0.2) is 23.2 Å². The van der Waals surface area contributed by atoms with E-state index in [9.17, 15) is 0 Å². The summed E-state index contributed by atoms with van der Waals surface area (Å²) < 4.78 is 10.4. The average molecular weight is 435 g/mol. The Morgan fingerprint density at radius 2 is 1.91 bits per heavy atom. The molecule has 0 aliphatic heterocycles. The Morgan fingerprint density at radius 1 is 1.13 bits per heavy atom. The van der Waals surface area contributed by atoms with Gasteiger partial charge in [0.25, 0.3) is 0 Å². The summed E-state index contributed by atoms with van der Waals surface area (Å²) in [6.45, 7) is 10.4. The van der Waals surface area contributed by atoms with Gasteiger partial charge in [-0.3, -0.25) is 0 Å². The minimum Gasteiger partial charge on any atom is -0.382 e. The fraction of sp³-hybridized carbons (Fsp3) is 0.588. The monoisotopic (exact) mass is 435 g/mol. The molecule has 0 atom stereocenters. The molecule has 1 rings (SSSR count). The van der Waals surface area contributed by atoms with Crippen LogP contribution in [0, 0.1) is 13.8 Å². The molecular formula is C17H30IN3O2. The van der Waals surface area contributed by atoms with Crippen LogP contribution < -0.4 is 10.6 Å². The molecule has 5 nitrogen and oxygen atoms in total. The van der Waals surface area contributed by atoms with Gasteiger partial charge in [0.05, 0.1) is 26.4 Å². The Balaban J connectivity index is 0.00000484. The van der Waals surface area contributed by atoms with Crippen molar-refractivity contribution in [2.75, 3.05) is 40.0 Å². The first-order valence-electron chi connectivity index (χ1n) is 7.82. The molecule has 1 aromatic rings. The number of hydrogen-bond acceptors (Lipinski definition) is 3. The highest BCUT2D eigenvalue weighted by atomic mass is 127. The van der Waals surface area contributed by atoms with E-state index < -0.39 is 0 Å². The number of rotatable bonds is 9. The summed E-state index contributed by atoms with van der Waals surface area (Å²) in [6, 6.07) is 6.46. The maximum absolute atomic E-state index is 5.43. The molecule has 0 aliphatic rings. The van der Waals surface area contributed by atoms with E-state index in [1.54, 1.807) is 7.11 Å². The van der Waals surface area contributed by atoms with Crippen molar-refractivity contribution in [3.63, 3.8) is 0 Å². The van der Waals surface area contributed by atoms with Gasteiger partial charge in [-0.1, -0.05) is 23.8 Å². The Labute approximate surface area is 157 Å². The largest absolute Gasteiger partial charge is 0.382 e. The molecule has 0 aromatic heterocycles. The molecule has 132 valence electrons. The predicted molar refractivity (Wildman–Crippen MR) is 107 cm³/mol. The third-order valence-electron chi connectivity index (χ3n) is 3.22. The quantitative estimate of drug-likeness (QED) is 0.271. The lowest BCUT2D eigenvalue weighted by atomic mass is 10.1. The Morgan fingerprint density at radius 3 is 2.57 bits per heavy atom. The first kappa shape index (κ1) is 22.1. The molecule has 0 saturated carbocycles. The minimum atomic E-state index is 0. The molecule has 1 aromatic carbocycles. The van der Waals surface area contributed by atoms with Crippen molar-refractivity contribution in [3.8, 4) is 0 Å². The second kappa shape index (κ2) is 13.6. The van der Waals surface area contributed by atoms with Gasteiger partial charge in [-0.2, -0.15) is 0 Å². The number of methoxy groups -OCH3 is 1. The number of aliphatic imine (C=N–C) groups is 1. The number of halogens is 1. The van der Waals surface area contributed by atoms with E-state index in [4.69, 9.17) is 9.47 Å². The van der Waals surface area contributed by atoms with Gasteiger partial charge in [0, 0.05) is 20.2 Å². The molecule has 23 heavy (non-hydrogen) atoms. The molecule has 0 spiro atoms. The van der Waals surface area contributed by atoms with Gasteiger partial charge >= 0.3 is 0 Å². The highest BCUT2D eigenvalue weighted by Gasteiger charge is 2.00. The summed E-state index contributed by atoms with van der Waals surface area (Å²) in [7, 11) is 1.67. The van der Waals surface area contributed by atoms with Crippen molar-refractivity contribution in [1.82, 2.24) is 10.6 Å². The number of ether oxygens (including phenoxy) is 2. The third kappa shape index (κ3) is 9.78. The first-order valence-corrected chi connectivity index (χ1v) is 7.82. The lowest BCUT2D eigenvalue weighted by Gasteiger charge is -2.12. The van der Waals surface area contributed by atoms with E-state index in [0.29, 0.717) is 26.4 Å². The van der Waals surface area contributed by atoms with Crippen LogP contribution in [-0.4, -0.2) is 46.0 Å². The molecule has 0 saturated heterocycles. The lowest BCUT2D eigenvalue weighted by Crippen LogP contribution is -2.39. The third-order valence-corrected chi connectivity index (χ3v) is 3.22. The number of nitrogens with one attached hydrogen (secondary N) is 2. The molecule has 0 radical (unpaired) electrons. The van der Waals surface area contributed by atoms with E-state index in [1.165, 1.54) is 16.7 Å². The van der Waals surface area contributed by atoms with Crippen molar-refractivity contribution in [1.29, 1.82) is 0 Å². The number of benzene rings is 1. The zero-order chi connectivity index (χ0) is 16.2. The topological polar surface area (TPSA) is 54.9 Å². The number of aryl methyl sites for hydroxylation is 2. The number of guanidine groups is 1. The lowest BCUT2D eigenvalue weighted by molar-refractivity contribution is 0.0733. The molecule has 2 N–H and O–H groups in total. The minimum absolute atomic E-state index is 0. The van der Waals surface area contributed by atoms with E-state index >= 15 is 0 Å². The normalized spacial score (nSPS) is 11.0. The molecule has 0 aliphatic carbocycles. The Hall–Kier alpha value is -0.860. The van der Waals surface area contributed by atoms with E-state index in [1.807, 2.05) is 0 Å². The SMILES string of the molecule is CCNC(=NCc1ccc(C)cc1C)NCCOCCOC.I. The van der Waals surface area contributed by atoms with Gasteiger partial charge in [0.15, 0.2) is 5.96 Å². The van der Waals surface area contributed by atoms with Crippen LogP contribution in [0.4, 0.5) is 0 Å². The maximum atomic E-state index is 5.43. The molecule has 6 heteroatoms. The van der Waals surface area contributed by atoms with Gasteiger partial charge in [0.1, 0.15) is 0 Å². The summed E-state index contributed by atoms with van der Waals surface area (Å²) in [5, 5.41) is 6.52. The molecule has 0 bridgehead atoms. The van der Waals surface area contributed by atoms with Gasteiger partial charge in [-0.05, 0) is 31.9 Å². The zero-order valence-corrected chi connectivity index (χ0v) is 17.0. The van der Waals surface area contributed by atoms with Gasteiger partial charge < -0.3 is 20.1 Å². The summed E-state index contributed by atoms with van der Waals surface area (Å²) in [4.78, 5) is 4.62. The van der Waals surface area contributed by atoms with E-state index in [2.05, 4.69) is 54.6 Å². The fourth-order valence-corrected chi connectivity index (χ4v) is 2.02. The van der Waals surface area contributed by atoms with Crippen LogP contribution in [0.3, 0.4) is 0 Å². The Bertz CT molecular complexity index is 467. The maximum Gasteiger partial charge on any atom is 0.191 e. The molecule has 0 unspecified atom stereocenters. The van der Waals surface area contributed by atoms with Gasteiger partial charge in [0.2, 0.25) is 0 Å². The van der Waals surface area contributed by atoms with Gasteiger partial charge in [-0.15, -0.1) is 24.0 Å². The summed E-state index contributed by atoms with van der Waals surface area (Å²) in [5.74, 6) is 0.817. The van der Waals surface area contributed by atoms with Gasteiger partial charge in [-0.25, -0.2) is 4.99 Å². The smallest absolute Gasteiger partial charge is 0.191 e. The number of nitrogens with zero attached hydrogens (tertiary/aromatic N) is 1. The average Bonchev–Trinajstić information content (AvgIpc) is 2.49. The zero-order valence-electron chi connectivity index (χ0n) is 14.6. The highest BCUT2D eigenvalue weighted by molar-refractivity contribution is 14.0. The second-order valence-corrected chi connectivity index (χ2v) is 5.16. The van der Waals surface area contributed by atoms with Crippen LogP contribution in [0.2, 0.25) is 0 Å². The van der Waals surface area contributed by atoms with Crippen molar-refractivity contribution >= 4 is 29.9 Å². The molecule has 0 heterocycles. The molecule has 0 amide bonds. The van der Waals surface area contributed by atoms with E-state index in [0.717, 1.165) is 19.0 Å². The first-order chi connectivity index (χ1) is 10.7. The van der Waals surface area contributed by atoms with Crippen LogP contribution in [0.1, 0.15) is 23.6 Å². The number of hydrogen-bond donors (Lipinski definition) is 2. The summed E-state index contributed by atoms with van der Waals surface area (Å²) >= 11 is 0. The standard InChI is InChI=1S/C17H29N3O2.HI/c1-5-18-17(19-8-9-22-11-10-21-4)20-13-16-7-6-14(2)12-15(16)3;/h6-7,12H,5,8-11,13H2,1-4H3,(H2,18,19,20);1H. The summed E-state index contributed by atoms with van der Waals surface area (Å²) in [6.07, 6.45) is 0. The van der Waals surface area contributed by atoms with Crippen molar-refractivity contribution in [3.05, 3.63) is 34.9 Å². The van der Waals surface area contributed by atoms with Crippen molar-refractivity contribution in [2.45, 2.75) is 27.3 Å². The highest BCUT2D eigenvalue weighted by Crippen LogP contribution is 2.11. The van der Waals surface area contributed by atoms with Crippen molar-refractivity contribution < 1.29 is 9.47 Å². The fourth-order valence-electron chi connectivity index (χ4n) is 2.02. The van der Waals surface area contributed by atoms with Crippen LogP contribution in [-0.2, 0) is 16.0 Å².